The van der Waals surface area contributed by atoms with Gasteiger partial charge in [-0.2, -0.15) is 0 Å². The van der Waals surface area contributed by atoms with Gasteiger partial charge >= 0.3 is 0 Å². The monoisotopic (exact) mass is 247 g/mol. The molecule has 0 spiro atoms. The van der Waals surface area contributed by atoms with Crippen LogP contribution in [0, 0.1) is 0 Å². The molecule has 0 saturated carbocycles. The first-order chi connectivity index (χ1) is 8.81. The zero-order valence-electron chi connectivity index (χ0n) is 12.4. The maximum absolute atomic E-state index is 3.49. The first kappa shape index (κ1) is 15.1. The molecule has 0 aliphatic rings. The van der Waals surface area contributed by atoms with Gasteiger partial charge in [-0.25, -0.2) is 0 Å². The minimum absolute atomic E-state index is 1.07. The van der Waals surface area contributed by atoms with E-state index < -0.39 is 0 Å². The SMILES string of the molecule is CCCCCCc1cc(NCCC)ccc1CC. The molecule has 0 radical (unpaired) electrons. The third kappa shape index (κ3) is 5.12. The molecule has 0 fully saturated rings. The van der Waals surface area contributed by atoms with Crippen molar-refractivity contribution in [3.8, 4) is 0 Å². The van der Waals surface area contributed by atoms with Crippen molar-refractivity contribution < 1.29 is 0 Å². The highest BCUT2D eigenvalue weighted by molar-refractivity contribution is 5.48. The third-order valence-corrected chi connectivity index (χ3v) is 3.47. The van der Waals surface area contributed by atoms with Crippen LogP contribution in [0.5, 0.6) is 0 Å². The molecule has 0 bridgehead atoms. The van der Waals surface area contributed by atoms with E-state index in [0.29, 0.717) is 0 Å². The Bertz CT molecular complexity index is 330. The summed E-state index contributed by atoms with van der Waals surface area (Å²) in [5.41, 5.74) is 4.36. The van der Waals surface area contributed by atoms with Crippen molar-refractivity contribution in [2.24, 2.45) is 0 Å². The van der Waals surface area contributed by atoms with Gasteiger partial charge < -0.3 is 5.32 Å². The van der Waals surface area contributed by atoms with Crippen molar-refractivity contribution in [1.82, 2.24) is 0 Å². The standard InChI is InChI=1S/C17H29N/c1-4-7-8-9-10-16-14-17(18-13-5-2)12-11-15(16)6-3/h11-12,14,18H,4-10,13H2,1-3H3. The van der Waals surface area contributed by atoms with Gasteiger partial charge in [-0.05, 0) is 48.9 Å². The molecule has 1 aromatic rings. The molecule has 1 nitrogen and oxygen atoms in total. The Morgan fingerprint density at radius 1 is 0.889 bits per heavy atom. The van der Waals surface area contributed by atoms with Gasteiger partial charge in [0.2, 0.25) is 0 Å². The first-order valence-electron chi connectivity index (χ1n) is 7.67. The summed E-state index contributed by atoms with van der Waals surface area (Å²) >= 11 is 0. The Labute approximate surface area is 113 Å². The predicted octanol–water partition coefficient (Wildman–Crippen LogP) is 5.19. The van der Waals surface area contributed by atoms with Crippen molar-refractivity contribution in [2.45, 2.75) is 65.7 Å². The second kappa shape index (κ2) is 9.02. The van der Waals surface area contributed by atoms with E-state index in [1.807, 2.05) is 0 Å². The lowest BCUT2D eigenvalue weighted by atomic mass is 9.98. The smallest absolute Gasteiger partial charge is 0.0343 e. The van der Waals surface area contributed by atoms with E-state index in [9.17, 15) is 0 Å². The van der Waals surface area contributed by atoms with E-state index in [4.69, 9.17) is 0 Å². The van der Waals surface area contributed by atoms with Crippen molar-refractivity contribution in [3.05, 3.63) is 29.3 Å². The molecule has 1 N–H and O–H groups in total. The average Bonchev–Trinajstić information content (AvgIpc) is 2.41. The topological polar surface area (TPSA) is 12.0 Å². The van der Waals surface area contributed by atoms with Gasteiger partial charge in [0.15, 0.2) is 0 Å². The third-order valence-electron chi connectivity index (χ3n) is 3.47. The molecular weight excluding hydrogens is 218 g/mol. The van der Waals surface area contributed by atoms with E-state index in [-0.39, 0.29) is 0 Å². The molecular formula is C17H29N. The van der Waals surface area contributed by atoms with Gasteiger partial charge in [-0.15, -0.1) is 0 Å². The summed E-state index contributed by atoms with van der Waals surface area (Å²) in [4.78, 5) is 0. The van der Waals surface area contributed by atoms with Gasteiger partial charge in [0.1, 0.15) is 0 Å². The molecule has 0 saturated heterocycles. The van der Waals surface area contributed by atoms with E-state index in [1.165, 1.54) is 49.8 Å². The highest BCUT2D eigenvalue weighted by Gasteiger charge is 2.02. The first-order valence-corrected chi connectivity index (χ1v) is 7.67. The van der Waals surface area contributed by atoms with Crippen molar-refractivity contribution in [3.63, 3.8) is 0 Å². The van der Waals surface area contributed by atoms with E-state index in [1.54, 1.807) is 5.56 Å². The van der Waals surface area contributed by atoms with Crippen LogP contribution in [0.4, 0.5) is 5.69 Å². The molecule has 1 rings (SSSR count). The molecule has 0 atom stereocenters. The van der Waals surface area contributed by atoms with Crippen LogP contribution in [0.2, 0.25) is 0 Å². The summed E-state index contributed by atoms with van der Waals surface area (Å²) < 4.78 is 0. The number of benzene rings is 1. The number of hydrogen-bond acceptors (Lipinski definition) is 1. The number of anilines is 1. The number of aryl methyl sites for hydroxylation is 2. The van der Waals surface area contributed by atoms with Crippen LogP contribution in [0.3, 0.4) is 0 Å². The van der Waals surface area contributed by atoms with E-state index in [2.05, 4.69) is 44.3 Å². The number of hydrogen-bond donors (Lipinski definition) is 1. The van der Waals surface area contributed by atoms with Gasteiger partial charge in [0.25, 0.3) is 0 Å². The van der Waals surface area contributed by atoms with Crippen molar-refractivity contribution >= 4 is 5.69 Å². The van der Waals surface area contributed by atoms with Crippen LogP contribution in [-0.4, -0.2) is 6.54 Å². The van der Waals surface area contributed by atoms with Crippen LogP contribution >= 0.6 is 0 Å². The van der Waals surface area contributed by atoms with Crippen LogP contribution in [0.1, 0.15) is 64.0 Å². The summed E-state index contributed by atoms with van der Waals surface area (Å²) in [6, 6.07) is 6.89. The Kier molecular flexibility index (Phi) is 7.55. The molecule has 0 amide bonds. The van der Waals surface area contributed by atoms with Crippen molar-refractivity contribution in [1.29, 1.82) is 0 Å². The molecule has 0 unspecified atom stereocenters. The van der Waals surface area contributed by atoms with Crippen LogP contribution in [0.15, 0.2) is 18.2 Å². The Morgan fingerprint density at radius 3 is 2.39 bits per heavy atom. The minimum Gasteiger partial charge on any atom is -0.385 e. The second-order valence-corrected chi connectivity index (χ2v) is 5.07. The summed E-state index contributed by atoms with van der Waals surface area (Å²) in [5.74, 6) is 0. The van der Waals surface area contributed by atoms with E-state index in [0.717, 1.165) is 13.0 Å². The summed E-state index contributed by atoms with van der Waals surface area (Å²) in [6.07, 6.45) is 8.96. The fraction of sp³-hybridized carbons (Fsp3) is 0.647. The largest absolute Gasteiger partial charge is 0.385 e. The Hall–Kier alpha value is -0.980. The molecule has 0 aliphatic heterocycles. The average molecular weight is 247 g/mol. The Morgan fingerprint density at radius 2 is 1.72 bits per heavy atom. The molecule has 1 aromatic carbocycles. The quantitative estimate of drug-likeness (QED) is 0.592. The highest BCUT2D eigenvalue weighted by Crippen LogP contribution is 2.19. The molecule has 0 aromatic heterocycles. The van der Waals surface area contributed by atoms with Crippen LogP contribution in [-0.2, 0) is 12.8 Å². The van der Waals surface area contributed by atoms with Gasteiger partial charge in [0.05, 0.1) is 0 Å². The zero-order chi connectivity index (χ0) is 13.2. The van der Waals surface area contributed by atoms with E-state index >= 15 is 0 Å². The minimum atomic E-state index is 1.07. The number of nitrogens with one attached hydrogen (secondary N) is 1. The molecule has 1 heteroatoms. The normalized spacial score (nSPS) is 10.6. The lowest BCUT2D eigenvalue weighted by Gasteiger charge is -2.12. The summed E-state index contributed by atoms with van der Waals surface area (Å²) in [6.45, 7) is 7.80. The summed E-state index contributed by atoms with van der Waals surface area (Å²) in [7, 11) is 0. The second-order valence-electron chi connectivity index (χ2n) is 5.07. The summed E-state index contributed by atoms with van der Waals surface area (Å²) in [5, 5.41) is 3.49. The van der Waals surface area contributed by atoms with Crippen LogP contribution in [0.25, 0.3) is 0 Å². The Balaban J connectivity index is 2.60. The van der Waals surface area contributed by atoms with Gasteiger partial charge in [-0.1, -0.05) is 46.1 Å². The van der Waals surface area contributed by atoms with Gasteiger partial charge in [-0.3, -0.25) is 0 Å². The molecule has 0 aliphatic carbocycles. The maximum atomic E-state index is 3.49. The predicted molar refractivity (Wildman–Crippen MR) is 82.4 cm³/mol. The fourth-order valence-corrected chi connectivity index (χ4v) is 2.33. The lowest BCUT2D eigenvalue weighted by molar-refractivity contribution is 0.665. The molecule has 0 heterocycles. The number of rotatable bonds is 9. The van der Waals surface area contributed by atoms with Gasteiger partial charge in [0, 0.05) is 12.2 Å². The maximum Gasteiger partial charge on any atom is 0.0343 e. The molecule has 18 heavy (non-hydrogen) atoms. The zero-order valence-corrected chi connectivity index (χ0v) is 12.4. The number of unbranched alkanes of at least 4 members (excludes halogenated alkanes) is 3. The van der Waals surface area contributed by atoms with Crippen molar-refractivity contribution in [2.75, 3.05) is 11.9 Å². The molecule has 102 valence electrons. The fourth-order valence-electron chi connectivity index (χ4n) is 2.33. The lowest BCUT2D eigenvalue weighted by Crippen LogP contribution is -2.02. The highest BCUT2D eigenvalue weighted by atomic mass is 14.9. The van der Waals surface area contributed by atoms with Crippen LogP contribution < -0.4 is 5.32 Å².